The molecular weight excluding hydrogens is 310 g/mol. The van der Waals surface area contributed by atoms with Crippen LogP contribution < -0.4 is 14.4 Å². The summed E-state index contributed by atoms with van der Waals surface area (Å²) in [7, 11) is 0. The van der Waals surface area contributed by atoms with Crippen LogP contribution in [-0.4, -0.2) is 48.9 Å². The fourth-order valence-electron chi connectivity index (χ4n) is 3.89. The minimum Gasteiger partial charge on any atom is -0.454 e. The highest BCUT2D eigenvalue weighted by molar-refractivity contribution is 7.13. The summed E-state index contributed by atoms with van der Waals surface area (Å²) in [4.78, 5) is 9.47. The minimum atomic E-state index is 0.361. The molecule has 2 aliphatic heterocycles. The van der Waals surface area contributed by atoms with Gasteiger partial charge in [0.1, 0.15) is 0 Å². The normalized spacial score (nSPS) is 21.0. The number of hydrogen-bond donors (Lipinski definition) is 0. The van der Waals surface area contributed by atoms with Gasteiger partial charge in [-0.15, -0.1) is 11.3 Å². The maximum Gasteiger partial charge on any atom is 0.231 e. The van der Waals surface area contributed by atoms with Gasteiger partial charge < -0.3 is 14.4 Å². The summed E-state index contributed by atoms with van der Waals surface area (Å²) in [6, 6.07) is 4.98. The molecule has 3 heterocycles. The highest BCUT2D eigenvalue weighted by Crippen LogP contribution is 2.39. The summed E-state index contributed by atoms with van der Waals surface area (Å²) in [5.41, 5.74) is 2.86. The number of rotatable bonds is 2. The van der Waals surface area contributed by atoms with E-state index in [2.05, 4.69) is 32.3 Å². The number of piperazine rings is 1. The van der Waals surface area contributed by atoms with Gasteiger partial charge in [0.25, 0.3) is 0 Å². The molecule has 0 saturated carbocycles. The van der Waals surface area contributed by atoms with Gasteiger partial charge in [-0.2, -0.15) is 0 Å². The molecule has 0 amide bonds. The predicted molar refractivity (Wildman–Crippen MR) is 89.7 cm³/mol. The average molecular weight is 329 g/mol. The third kappa shape index (κ3) is 2.37. The smallest absolute Gasteiger partial charge is 0.231 e. The Morgan fingerprint density at radius 1 is 1.00 bits per heavy atom. The summed E-state index contributed by atoms with van der Waals surface area (Å²) in [5.74, 6) is 1.83. The van der Waals surface area contributed by atoms with Gasteiger partial charge in [0.2, 0.25) is 6.79 Å². The second-order valence-electron chi connectivity index (χ2n) is 6.37. The zero-order valence-corrected chi connectivity index (χ0v) is 13.7. The first-order valence-corrected chi connectivity index (χ1v) is 9.05. The fourth-order valence-corrected chi connectivity index (χ4v) is 4.59. The maximum absolute atomic E-state index is 5.51. The lowest BCUT2D eigenvalue weighted by molar-refractivity contribution is 0.173. The molecule has 1 saturated heterocycles. The zero-order valence-electron chi connectivity index (χ0n) is 12.9. The summed E-state index contributed by atoms with van der Waals surface area (Å²) in [5, 5.41) is 3.21. The second kappa shape index (κ2) is 5.39. The lowest BCUT2D eigenvalue weighted by Crippen LogP contribution is -2.50. The molecule has 1 aliphatic carbocycles. The third-order valence-electron chi connectivity index (χ3n) is 5.13. The lowest BCUT2D eigenvalue weighted by atomic mass is 10.1. The predicted octanol–water partition coefficient (Wildman–Crippen LogP) is 2.16. The molecule has 0 atom stereocenters. The molecule has 0 spiro atoms. The Morgan fingerprint density at radius 3 is 2.30 bits per heavy atom. The van der Waals surface area contributed by atoms with Gasteiger partial charge in [0.05, 0.1) is 0 Å². The van der Waals surface area contributed by atoms with Crippen LogP contribution in [0.5, 0.6) is 11.5 Å². The van der Waals surface area contributed by atoms with Crippen LogP contribution in [0.15, 0.2) is 23.7 Å². The van der Waals surface area contributed by atoms with Gasteiger partial charge in [-0.1, -0.05) is 0 Å². The van der Waals surface area contributed by atoms with E-state index in [0.717, 1.165) is 55.7 Å². The van der Waals surface area contributed by atoms with E-state index in [1.807, 2.05) is 6.20 Å². The molecule has 0 N–H and O–H groups in total. The van der Waals surface area contributed by atoms with Crippen LogP contribution in [0.2, 0.25) is 0 Å². The van der Waals surface area contributed by atoms with Crippen molar-refractivity contribution in [1.29, 1.82) is 0 Å². The topological polar surface area (TPSA) is 37.8 Å². The SMILES string of the molecule is c1csc(N2CCN(C3Cc4cc5c(cc4C3)OCO5)CC2)n1. The van der Waals surface area contributed by atoms with E-state index in [9.17, 15) is 0 Å². The van der Waals surface area contributed by atoms with Crippen molar-refractivity contribution >= 4 is 16.5 Å². The Balaban J connectivity index is 1.26. The molecule has 0 unspecified atom stereocenters. The van der Waals surface area contributed by atoms with Crippen molar-refractivity contribution in [3.05, 3.63) is 34.8 Å². The number of nitrogens with zero attached hydrogens (tertiary/aromatic N) is 3. The number of thiazole rings is 1. The first-order chi connectivity index (χ1) is 11.4. The first kappa shape index (κ1) is 13.6. The van der Waals surface area contributed by atoms with Crippen LogP contribution in [0, 0.1) is 0 Å². The monoisotopic (exact) mass is 329 g/mol. The van der Waals surface area contributed by atoms with Gasteiger partial charge in [-0.3, -0.25) is 4.90 Å². The Morgan fingerprint density at radius 2 is 1.70 bits per heavy atom. The molecule has 6 heteroatoms. The highest BCUT2D eigenvalue weighted by Gasteiger charge is 2.31. The molecular formula is C17H19N3O2S. The molecule has 23 heavy (non-hydrogen) atoms. The van der Waals surface area contributed by atoms with E-state index in [1.165, 1.54) is 11.1 Å². The fraction of sp³-hybridized carbons (Fsp3) is 0.471. The zero-order chi connectivity index (χ0) is 15.2. The van der Waals surface area contributed by atoms with Crippen molar-refractivity contribution in [3.8, 4) is 11.5 Å². The van der Waals surface area contributed by atoms with Crippen molar-refractivity contribution in [1.82, 2.24) is 9.88 Å². The number of aromatic nitrogens is 1. The van der Waals surface area contributed by atoms with Crippen LogP contribution in [-0.2, 0) is 12.8 Å². The average Bonchev–Trinajstić information content (AvgIpc) is 3.32. The van der Waals surface area contributed by atoms with E-state index in [-0.39, 0.29) is 0 Å². The second-order valence-corrected chi connectivity index (χ2v) is 7.25. The molecule has 3 aliphatic rings. The van der Waals surface area contributed by atoms with Crippen LogP contribution >= 0.6 is 11.3 Å². The van der Waals surface area contributed by atoms with Gasteiger partial charge in [0, 0.05) is 43.8 Å². The van der Waals surface area contributed by atoms with Crippen LogP contribution in [0.4, 0.5) is 5.13 Å². The molecule has 120 valence electrons. The molecule has 2 aromatic rings. The number of benzene rings is 1. The van der Waals surface area contributed by atoms with E-state index in [1.54, 1.807) is 11.3 Å². The number of hydrogen-bond acceptors (Lipinski definition) is 6. The maximum atomic E-state index is 5.51. The Hall–Kier alpha value is -1.79. The van der Waals surface area contributed by atoms with Gasteiger partial charge in [0.15, 0.2) is 16.6 Å². The van der Waals surface area contributed by atoms with Gasteiger partial charge >= 0.3 is 0 Å². The summed E-state index contributed by atoms with van der Waals surface area (Å²) < 4.78 is 11.0. The molecule has 5 rings (SSSR count). The van der Waals surface area contributed by atoms with Crippen LogP contribution in [0.1, 0.15) is 11.1 Å². The molecule has 1 aromatic carbocycles. The molecule has 1 fully saturated rings. The van der Waals surface area contributed by atoms with Crippen LogP contribution in [0.25, 0.3) is 0 Å². The molecule has 5 nitrogen and oxygen atoms in total. The van der Waals surface area contributed by atoms with Gasteiger partial charge in [-0.05, 0) is 36.1 Å². The standard InChI is InChI=1S/C17H19N3O2S/c1-6-23-17(18-1)20-4-2-19(3-5-20)14-7-12-9-15-16(22-11-21-15)10-13(12)8-14/h1,6,9-10,14H,2-5,7-8,11H2. The third-order valence-corrected chi connectivity index (χ3v) is 5.96. The summed E-state index contributed by atoms with van der Waals surface area (Å²) in [6.45, 7) is 4.74. The Kier molecular flexibility index (Phi) is 3.19. The van der Waals surface area contributed by atoms with E-state index in [4.69, 9.17) is 9.47 Å². The van der Waals surface area contributed by atoms with Crippen molar-refractivity contribution in [2.45, 2.75) is 18.9 Å². The van der Waals surface area contributed by atoms with E-state index in [0.29, 0.717) is 12.8 Å². The number of fused-ring (bicyclic) bond motifs is 2. The minimum absolute atomic E-state index is 0.361. The lowest BCUT2D eigenvalue weighted by Gasteiger charge is -2.37. The van der Waals surface area contributed by atoms with E-state index < -0.39 is 0 Å². The van der Waals surface area contributed by atoms with Gasteiger partial charge in [-0.25, -0.2) is 4.98 Å². The first-order valence-electron chi connectivity index (χ1n) is 8.17. The number of ether oxygens (including phenoxy) is 2. The van der Waals surface area contributed by atoms with Crippen LogP contribution in [0.3, 0.4) is 0 Å². The quantitative estimate of drug-likeness (QED) is 0.844. The highest BCUT2D eigenvalue weighted by atomic mass is 32.1. The number of anilines is 1. The van der Waals surface area contributed by atoms with Crippen molar-refractivity contribution in [2.24, 2.45) is 0 Å². The van der Waals surface area contributed by atoms with Crippen molar-refractivity contribution in [3.63, 3.8) is 0 Å². The summed E-state index contributed by atoms with van der Waals surface area (Å²) in [6.07, 6.45) is 4.15. The van der Waals surface area contributed by atoms with Crippen molar-refractivity contribution in [2.75, 3.05) is 37.9 Å². The molecule has 1 aromatic heterocycles. The Labute approximate surface area is 139 Å². The molecule has 0 radical (unpaired) electrons. The summed E-state index contributed by atoms with van der Waals surface area (Å²) >= 11 is 1.73. The van der Waals surface area contributed by atoms with Crippen molar-refractivity contribution < 1.29 is 9.47 Å². The largest absolute Gasteiger partial charge is 0.454 e. The van der Waals surface area contributed by atoms with E-state index >= 15 is 0 Å². The molecule has 0 bridgehead atoms. The Bertz CT molecular complexity index is 678.